The first kappa shape index (κ1) is 15.0. The lowest BCUT2D eigenvalue weighted by atomic mass is 9.97. The van der Waals surface area contributed by atoms with Gasteiger partial charge in [0.05, 0.1) is 5.39 Å². The number of thioether (sulfide) groups is 1. The Morgan fingerprint density at radius 2 is 1.96 bits per heavy atom. The molecule has 1 N–H and O–H groups in total. The van der Waals surface area contributed by atoms with Crippen molar-refractivity contribution in [2.45, 2.75) is 37.4 Å². The van der Waals surface area contributed by atoms with Crippen molar-refractivity contribution >= 4 is 39.1 Å². The van der Waals surface area contributed by atoms with Gasteiger partial charge in [-0.25, -0.2) is 9.97 Å². The number of anilines is 1. The van der Waals surface area contributed by atoms with Gasteiger partial charge in [0.2, 0.25) is 0 Å². The van der Waals surface area contributed by atoms with Gasteiger partial charge in [0.25, 0.3) is 0 Å². The van der Waals surface area contributed by atoms with Gasteiger partial charge in [0.15, 0.2) is 5.16 Å². The average molecular weight is 342 g/mol. The fourth-order valence-electron chi connectivity index (χ4n) is 3.14. The molecule has 0 bridgehead atoms. The zero-order chi connectivity index (χ0) is 15.6. The molecule has 4 rings (SSSR count). The van der Waals surface area contributed by atoms with E-state index in [4.69, 9.17) is 9.97 Å². The Balaban J connectivity index is 1.75. The lowest BCUT2D eigenvalue weighted by molar-refractivity contribution is 0.700. The molecule has 118 valence electrons. The summed E-state index contributed by atoms with van der Waals surface area (Å²) >= 11 is 3.47. The highest BCUT2D eigenvalue weighted by atomic mass is 32.2. The van der Waals surface area contributed by atoms with Crippen LogP contribution in [0.25, 0.3) is 10.2 Å². The summed E-state index contributed by atoms with van der Waals surface area (Å²) in [5.74, 6) is 1.00. The Bertz CT molecular complexity index is 827. The normalized spacial score (nSPS) is 14.0. The van der Waals surface area contributed by atoms with Crippen molar-refractivity contribution in [3.05, 3.63) is 46.3 Å². The van der Waals surface area contributed by atoms with Crippen molar-refractivity contribution in [3.8, 4) is 0 Å². The van der Waals surface area contributed by atoms with E-state index in [1.165, 1.54) is 40.7 Å². The molecular formula is C18H19N3S2. The minimum atomic E-state index is 0.797. The molecule has 2 aromatic heterocycles. The van der Waals surface area contributed by atoms with E-state index in [9.17, 15) is 0 Å². The molecule has 1 aromatic carbocycles. The number of thiophene rings is 1. The van der Waals surface area contributed by atoms with Crippen LogP contribution in [0.4, 0.5) is 5.82 Å². The van der Waals surface area contributed by atoms with Gasteiger partial charge in [-0.05, 0) is 43.1 Å². The van der Waals surface area contributed by atoms with Crippen molar-refractivity contribution in [2.75, 3.05) is 11.6 Å². The quantitative estimate of drug-likeness (QED) is 0.541. The molecule has 0 radical (unpaired) electrons. The van der Waals surface area contributed by atoms with Gasteiger partial charge in [-0.1, -0.05) is 42.1 Å². The van der Waals surface area contributed by atoms with Crippen LogP contribution in [0.3, 0.4) is 0 Å². The number of nitrogens with zero attached hydrogens (tertiary/aromatic N) is 2. The zero-order valence-electron chi connectivity index (χ0n) is 13.1. The van der Waals surface area contributed by atoms with Crippen LogP contribution in [-0.2, 0) is 19.4 Å². The van der Waals surface area contributed by atoms with Gasteiger partial charge in [0, 0.05) is 11.4 Å². The molecule has 0 atom stereocenters. The second-order valence-electron chi connectivity index (χ2n) is 5.79. The van der Waals surface area contributed by atoms with Crippen LogP contribution in [0.1, 0.15) is 28.8 Å². The van der Waals surface area contributed by atoms with Gasteiger partial charge >= 0.3 is 0 Å². The van der Waals surface area contributed by atoms with Gasteiger partial charge in [-0.15, -0.1) is 11.3 Å². The summed E-state index contributed by atoms with van der Waals surface area (Å²) in [4.78, 5) is 12.2. The van der Waals surface area contributed by atoms with Gasteiger partial charge in [0.1, 0.15) is 10.6 Å². The third-order valence-corrected chi connectivity index (χ3v) is 6.01. The van der Waals surface area contributed by atoms with Crippen molar-refractivity contribution < 1.29 is 0 Å². The summed E-state index contributed by atoms with van der Waals surface area (Å²) in [6.45, 7) is 0.797. The van der Waals surface area contributed by atoms with Gasteiger partial charge < -0.3 is 5.32 Å². The summed E-state index contributed by atoms with van der Waals surface area (Å²) in [6, 6.07) is 10.5. The number of hydrogen-bond acceptors (Lipinski definition) is 5. The fraction of sp³-hybridized carbons (Fsp3) is 0.333. The molecule has 1 aliphatic rings. The smallest absolute Gasteiger partial charge is 0.190 e. The first-order valence-corrected chi connectivity index (χ1v) is 10.0. The van der Waals surface area contributed by atoms with E-state index in [1.54, 1.807) is 11.8 Å². The highest BCUT2D eigenvalue weighted by molar-refractivity contribution is 7.98. The van der Waals surface area contributed by atoms with Crippen LogP contribution in [0.15, 0.2) is 35.5 Å². The summed E-state index contributed by atoms with van der Waals surface area (Å²) in [5, 5.41) is 5.67. The second-order valence-corrected chi connectivity index (χ2v) is 7.65. The number of aryl methyl sites for hydroxylation is 2. The molecule has 2 heterocycles. The highest BCUT2D eigenvalue weighted by Gasteiger charge is 2.20. The van der Waals surface area contributed by atoms with E-state index < -0.39 is 0 Å². The molecule has 0 unspecified atom stereocenters. The van der Waals surface area contributed by atoms with Crippen LogP contribution in [0, 0.1) is 0 Å². The zero-order valence-corrected chi connectivity index (χ0v) is 14.8. The Morgan fingerprint density at radius 3 is 2.78 bits per heavy atom. The Kier molecular flexibility index (Phi) is 4.23. The Labute approximate surface area is 144 Å². The van der Waals surface area contributed by atoms with Crippen LogP contribution in [-0.4, -0.2) is 16.2 Å². The first-order valence-electron chi connectivity index (χ1n) is 7.99. The predicted octanol–water partition coefficient (Wildman–Crippen LogP) is 4.90. The number of hydrogen-bond donors (Lipinski definition) is 1. The van der Waals surface area contributed by atoms with Crippen LogP contribution >= 0.6 is 23.1 Å². The SMILES string of the molecule is CSc1nc(NCc2ccccc2)c2c3c(sc2n1)CCCC3. The molecule has 3 aromatic rings. The van der Waals surface area contributed by atoms with Crippen molar-refractivity contribution in [3.63, 3.8) is 0 Å². The number of benzene rings is 1. The third-order valence-electron chi connectivity index (χ3n) is 4.28. The second kappa shape index (κ2) is 6.49. The molecule has 0 saturated heterocycles. The molecule has 5 heteroatoms. The molecule has 23 heavy (non-hydrogen) atoms. The molecule has 0 amide bonds. The number of nitrogens with one attached hydrogen (secondary N) is 1. The standard InChI is InChI=1S/C18H19N3S2/c1-22-18-20-16(19-11-12-7-3-2-4-8-12)15-13-9-5-6-10-14(13)23-17(15)21-18/h2-4,7-8H,5-6,9-11H2,1H3,(H,19,20,21). The molecule has 3 nitrogen and oxygen atoms in total. The maximum Gasteiger partial charge on any atom is 0.190 e. The van der Waals surface area contributed by atoms with Crippen molar-refractivity contribution in [1.29, 1.82) is 0 Å². The maximum absolute atomic E-state index is 4.76. The fourth-order valence-corrected chi connectivity index (χ4v) is 4.82. The van der Waals surface area contributed by atoms with Crippen LogP contribution in [0.5, 0.6) is 0 Å². The summed E-state index contributed by atoms with van der Waals surface area (Å²) in [6.07, 6.45) is 6.98. The minimum absolute atomic E-state index is 0.797. The minimum Gasteiger partial charge on any atom is -0.365 e. The molecule has 1 aliphatic carbocycles. The predicted molar refractivity (Wildman–Crippen MR) is 99.6 cm³/mol. The van der Waals surface area contributed by atoms with Gasteiger partial charge in [-0.2, -0.15) is 0 Å². The van der Waals surface area contributed by atoms with Crippen LogP contribution in [0.2, 0.25) is 0 Å². The summed E-state index contributed by atoms with van der Waals surface area (Å²) < 4.78 is 0. The lowest BCUT2D eigenvalue weighted by Gasteiger charge is -2.13. The van der Waals surface area contributed by atoms with E-state index in [2.05, 4.69) is 29.6 Å². The molecular weight excluding hydrogens is 322 g/mol. The van der Waals surface area contributed by atoms with E-state index in [-0.39, 0.29) is 0 Å². The Hall–Kier alpha value is -1.59. The maximum atomic E-state index is 4.76. The van der Waals surface area contributed by atoms with Crippen molar-refractivity contribution in [1.82, 2.24) is 9.97 Å². The Morgan fingerprint density at radius 1 is 1.13 bits per heavy atom. The van der Waals surface area contributed by atoms with Crippen molar-refractivity contribution in [2.24, 2.45) is 0 Å². The van der Waals surface area contributed by atoms with Gasteiger partial charge in [-0.3, -0.25) is 0 Å². The van der Waals surface area contributed by atoms with E-state index in [0.717, 1.165) is 28.8 Å². The molecule has 0 fully saturated rings. The summed E-state index contributed by atoms with van der Waals surface area (Å²) in [5.41, 5.74) is 2.76. The first-order chi connectivity index (χ1) is 11.3. The highest BCUT2D eigenvalue weighted by Crippen LogP contribution is 2.39. The third kappa shape index (κ3) is 2.95. The monoisotopic (exact) mass is 341 g/mol. The number of rotatable bonds is 4. The van der Waals surface area contributed by atoms with E-state index in [0.29, 0.717) is 0 Å². The number of aromatic nitrogens is 2. The topological polar surface area (TPSA) is 37.8 Å². The average Bonchev–Trinajstić information content (AvgIpc) is 2.99. The number of fused-ring (bicyclic) bond motifs is 3. The van der Waals surface area contributed by atoms with Crippen LogP contribution < -0.4 is 5.32 Å². The summed E-state index contributed by atoms with van der Waals surface area (Å²) in [7, 11) is 0. The van der Waals surface area contributed by atoms with E-state index >= 15 is 0 Å². The van der Waals surface area contributed by atoms with E-state index in [1.807, 2.05) is 23.7 Å². The molecule has 0 aliphatic heterocycles. The molecule has 0 saturated carbocycles. The molecule has 0 spiro atoms. The largest absolute Gasteiger partial charge is 0.365 e. The lowest BCUT2D eigenvalue weighted by Crippen LogP contribution is -2.05.